The van der Waals surface area contributed by atoms with Crippen LogP contribution in [-0.2, 0) is 13.2 Å². The largest absolute Gasteiger partial charge is 0.495 e. The van der Waals surface area contributed by atoms with E-state index in [4.69, 9.17) is 25.8 Å². The first-order valence-electron chi connectivity index (χ1n) is 9.41. The van der Waals surface area contributed by atoms with Crippen molar-refractivity contribution in [1.82, 2.24) is 0 Å². The number of carboxylic acids is 1. The quantitative estimate of drug-likeness (QED) is 0.350. The van der Waals surface area contributed by atoms with Gasteiger partial charge in [0.2, 0.25) is 0 Å². The van der Waals surface area contributed by atoms with E-state index in [9.17, 15) is 14.3 Å². The third-order valence-electron chi connectivity index (χ3n) is 4.64. The summed E-state index contributed by atoms with van der Waals surface area (Å²) in [6.45, 7) is 0.283. The molecule has 0 aliphatic heterocycles. The predicted octanol–water partition coefficient (Wildman–Crippen LogP) is 6.15. The van der Waals surface area contributed by atoms with Gasteiger partial charge in [-0.1, -0.05) is 17.7 Å². The summed E-state index contributed by atoms with van der Waals surface area (Å²) in [5, 5.41) is 12.7. The summed E-state index contributed by atoms with van der Waals surface area (Å²) in [7, 11) is 3.01. The molecule has 0 radical (unpaired) electrons. The van der Waals surface area contributed by atoms with Crippen molar-refractivity contribution in [2.45, 2.75) is 13.2 Å². The van der Waals surface area contributed by atoms with Gasteiger partial charge in [0, 0.05) is 12.1 Å². The molecular weight excluding hydrogens is 505 g/mol. The highest BCUT2D eigenvalue weighted by Gasteiger charge is 2.15. The van der Waals surface area contributed by atoms with Crippen LogP contribution in [0.2, 0.25) is 5.02 Å². The van der Waals surface area contributed by atoms with Crippen LogP contribution in [0.4, 0.5) is 10.1 Å². The molecule has 0 saturated heterocycles. The molecule has 0 heterocycles. The third kappa shape index (κ3) is 5.44. The zero-order chi connectivity index (χ0) is 23.3. The molecule has 0 aliphatic rings. The molecule has 6 nitrogen and oxygen atoms in total. The molecule has 9 heteroatoms. The van der Waals surface area contributed by atoms with Crippen LogP contribution in [-0.4, -0.2) is 25.3 Å². The number of aromatic carboxylic acids is 1. The molecule has 0 atom stereocenters. The molecule has 32 heavy (non-hydrogen) atoms. The second-order valence-electron chi connectivity index (χ2n) is 6.67. The Hall–Kier alpha value is -2.97. The average Bonchev–Trinajstić information content (AvgIpc) is 2.77. The Morgan fingerprint density at radius 3 is 2.53 bits per heavy atom. The summed E-state index contributed by atoms with van der Waals surface area (Å²) in [6.07, 6.45) is 0. The number of anilines is 1. The Kier molecular flexibility index (Phi) is 7.82. The molecule has 3 rings (SSSR count). The first-order valence-corrected chi connectivity index (χ1v) is 10.6. The maximum absolute atomic E-state index is 14.0. The summed E-state index contributed by atoms with van der Waals surface area (Å²) >= 11 is 9.54. The van der Waals surface area contributed by atoms with Crippen LogP contribution in [0.15, 0.2) is 53.0 Å². The maximum atomic E-state index is 14.0. The average molecular weight is 525 g/mol. The zero-order valence-electron chi connectivity index (χ0n) is 17.2. The fourth-order valence-corrected chi connectivity index (χ4v) is 3.83. The van der Waals surface area contributed by atoms with E-state index in [1.807, 2.05) is 6.07 Å². The third-order valence-corrected chi connectivity index (χ3v) is 5.58. The highest BCUT2D eigenvalue weighted by atomic mass is 79.9. The lowest BCUT2D eigenvalue weighted by atomic mass is 10.1. The van der Waals surface area contributed by atoms with Gasteiger partial charge < -0.3 is 24.6 Å². The Labute approximate surface area is 198 Å². The van der Waals surface area contributed by atoms with Crippen molar-refractivity contribution in [3.05, 3.63) is 80.5 Å². The van der Waals surface area contributed by atoms with Crippen LogP contribution in [0.1, 0.15) is 21.5 Å². The van der Waals surface area contributed by atoms with E-state index in [0.29, 0.717) is 34.0 Å². The number of carboxylic acid groups (broad SMARTS) is 1. The summed E-state index contributed by atoms with van der Waals surface area (Å²) in [4.78, 5) is 11.3. The first-order chi connectivity index (χ1) is 15.3. The van der Waals surface area contributed by atoms with Crippen LogP contribution >= 0.6 is 27.5 Å². The van der Waals surface area contributed by atoms with Gasteiger partial charge in [-0.15, -0.1) is 0 Å². The van der Waals surface area contributed by atoms with Crippen molar-refractivity contribution in [2.24, 2.45) is 0 Å². The molecule has 0 bridgehead atoms. The summed E-state index contributed by atoms with van der Waals surface area (Å²) < 4.78 is 31.2. The van der Waals surface area contributed by atoms with E-state index < -0.39 is 11.8 Å². The van der Waals surface area contributed by atoms with Gasteiger partial charge in [0.15, 0.2) is 11.5 Å². The van der Waals surface area contributed by atoms with E-state index >= 15 is 0 Å². The van der Waals surface area contributed by atoms with Crippen LogP contribution in [0.25, 0.3) is 0 Å². The van der Waals surface area contributed by atoms with E-state index in [0.717, 1.165) is 5.56 Å². The van der Waals surface area contributed by atoms with Gasteiger partial charge in [-0.3, -0.25) is 0 Å². The van der Waals surface area contributed by atoms with Crippen molar-refractivity contribution in [3.63, 3.8) is 0 Å². The fraction of sp³-hybridized carbons (Fsp3) is 0.174. The van der Waals surface area contributed by atoms with Crippen LogP contribution in [0.5, 0.6) is 17.2 Å². The Morgan fingerprint density at radius 2 is 1.88 bits per heavy atom. The molecular formula is C23H20BrClFNO5. The normalized spacial score (nSPS) is 10.5. The maximum Gasteiger partial charge on any atom is 0.335 e. The van der Waals surface area contributed by atoms with Gasteiger partial charge in [-0.25, -0.2) is 9.18 Å². The number of methoxy groups -OCH3 is 2. The SMILES string of the molecule is COc1ccc(C(=O)O)cc1NCc1cc(Br)c(OCc2c(F)cccc2Cl)c(OC)c1. The standard InChI is InChI=1S/C23H20BrClFNO5/c1-30-20-7-6-14(23(28)29)10-19(20)27-11-13-8-16(24)22(21(9-13)31-2)32-12-15-17(25)4-3-5-18(15)26/h3-10,27H,11-12H2,1-2H3,(H,28,29). The van der Waals surface area contributed by atoms with Crippen LogP contribution in [0, 0.1) is 5.82 Å². The predicted molar refractivity (Wildman–Crippen MR) is 124 cm³/mol. The highest BCUT2D eigenvalue weighted by molar-refractivity contribution is 9.10. The first kappa shape index (κ1) is 23.7. The summed E-state index contributed by atoms with van der Waals surface area (Å²) in [6, 6.07) is 12.6. The highest BCUT2D eigenvalue weighted by Crippen LogP contribution is 2.38. The lowest BCUT2D eigenvalue weighted by molar-refractivity contribution is 0.0697. The molecule has 3 aromatic rings. The molecule has 0 spiro atoms. The summed E-state index contributed by atoms with van der Waals surface area (Å²) in [5.41, 5.74) is 1.76. The van der Waals surface area contributed by atoms with Crippen molar-refractivity contribution in [2.75, 3.05) is 19.5 Å². The minimum atomic E-state index is -1.03. The van der Waals surface area contributed by atoms with Crippen molar-refractivity contribution in [1.29, 1.82) is 0 Å². The molecule has 2 N–H and O–H groups in total. The number of halogens is 3. The topological polar surface area (TPSA) is 77.0 Å². The van der Waals surface area contributed by atoms with E-state index in [-0.39, 0.29) is 22.8 Å². The molecule has 0 aromatic heterocycles. The minimum Gasteiger partial charge on any atom is -0.495 e. The molecule has 3 aromatic carbocycles. The van der Waals surface area contributed by atoms with Crippen molar-refractivity contribution in [3.8, 4) is 17.2 Å². The van der Waals surface area contributed by atoms with Crippen molar-refractivity contribution < 1.29 is 28.5 Å². The number of benzene rings is 3. The molecule has 0 aliphatic carbocycles. The van der Waals surface area contributed by atoms with E-state index in [1.165, 1.54) is 38.5 Å². The Bertz CT molecular complexity index is 1120. The number of rotatable bonds is 9. The van der Waals surface area contributed by atoms with Gasteiger partial charge in [-0.05, 0) is 64.0 Å². The molecule has 0 unspecified atom stereocenters. The Balaban J connectivity index is 1.80. The van der Waals surface area contributed by atoms with Gasteiger partial charge in [0.1, 0.15) is 18.2 Å². The molecule has 0 amide bonds. The fourth-order valence-electron chi connectivity index (χ4n) is 3.01. The molecule has 0 fully saturated rings. The lowest BCUT2D eigenvalue weighted by Gasteiger charge is -2.16. The minimum absolute atomic E-state index is 0.0722. The van der Waals surface area contributed by atoms with Gasteiger partial charge >= 0.3 is 5.97 Å². The molecule has 168 valence electrons. The molecule has 0 saturated carbocycles. The van der Waals surface area contributed by atoms with Gasteiger partial charge in [0.25, 0.3) is 0 Å². The number of hydrogen-bond donors (Lipinski definition) is 2. The Morgan fingerprint density at radius 1 is 1.12 bits per heavy atom. The van der Waals surface area contributed by atoms with Gasteiger partial charge in [0.05, 0.1) is 35.0 Å². The van der Waals surface area contributed by atoms with E-state index in [2.05, 4.69) is 21.2 Å². The van der Waals surface area contributed by atoms with Gasteiger partial charge in [-0.2, -0.15) is 0 Å². The van der Waals surface area contributed by atoms with E-state index in [1.54, 1.807) is 18.2 Å². The second kappa shape index (κ2) is 10.6. The number of nitrogens with one attached hydrogen (secondary N) is 1. The number of hydrogen-bond acceptors (Lipinski definition) is 5. The smallest absolute Gasteiger partial charge is 0.335 e. The number of ether oxygens (including phenoxy) is 3. The zero-order valence-corrected chi connectivity index (χ0v) is 19.6. The van der Waals surface area contributed by atoms with Crippen LogP contribution in [0.3, 0.4) is 0 Å². The van der Waals surface area contributed by atoms with Crippen molar-refractivity contribution >= 4 is 39.2 Å². The number of carbonyl (C=O) groups is 1. The monoisotopic (exact) mass is 523 g/mol. The lowest BCUT2D eigenvalue weighted by Crippen LogP contribution is -2.06. The van der Waals surface area contributed by atoms with Crippen LogP contribution < -0.4 is 19.5 Å². The summed E-state index contributed by atoms with van der Waals surface area (Å²) in [5.74, 6) is -0.124. The second-order valence-corrected chi connectivity index (χ2v) is 7.93.